The van der Waals surface area contributed by atoms with Crippen molar-refractivity contribution >= 4 is 23.0 Å². The second-order valence-corrected chi connectivity index (χ2v) is 5.60. The van der Waals surface area contributed by atoms with Gasteiger partial charge in [0.1, 0.15) is 0 Å². The second kappa shape index (κ2) is 4.66. The van der Waals surface area contributed by atoms with Crippen molar-refractivity contribution in [3.63, 3.8) is 0 Å². The van der Waals surface area contributed by atoms with Gasteiger partial charge in [-0.1, -0.05) is 0 Å². The zero-order valence-corrected chi connectivity index (χ0v) is 11.4. The van der Waals surface area contributed by atoms with Gasteiger partial charge in [-0.2, -0.15) is 0 Å². The molecule has 3 heterocycles. The molecule has 2 aromatic heterocycles. The van der Waals surface area contributed by atoms with Crippen LogP contribution in [0.25, 0.3) is 0 Å². The molecule has 0 radical (unpaired) electrons. The summed E-state index contributed by atoms with van der Waals surface area (Å²) in [4.78, 5) is 18.8. The number of aromatic carboxylic acids is 1. The molecular formula is C14H14N2O2S. The number of anilines is 1. The standard InChI is InChI=1S/C14H14N2O2S/c1-9-10-5-8-19-12(10)4-7-16(9)11-3-2-6-15-13(11)14(17)18/h2-3,5-6,8-9H,4,7H2,1H3,(H,17,18). The Labute approximate surface area is 115 Å². The van der Waals surface area contributed by atoms with Crippen molar-refractivity contribution in [1.29, 1.82) is 0 Å². The summed E-state index contributed by atoms with van der Waals surface area (Å²) in [7, 11) is 0. The molecule has 98 valence electrons. The molecule has 0 fully saturated rings. The number of hydrogen-bond acceptors (Lipinski definition) is 4. The molecule has 5 heteroatoms. The molecule has 3 rings (SSSR count). The van der Waals surface area contributed by atoms with Crippen LogP contribution in [0.1, 0.15) is 33.9 Å². The lowest BCUT2D eigenvalue weighted by Gasteiger charge is -2.35. The van der Waals surface area contributed by atoms with Crippen LogP contribution in [0.15, 0.2) is 29.8 Å². The molecule has 19 heavy (non-hydrogen) atoms. The predicted molar refractivity (Wildman–Crippen MR) is 75.0 cm³/mol. The number of carboxylic acid groups (broad SMARTS) is 1. The van der Waals surface area contributed by atoms with Gasteiger partial charge in [-0.15, -0.1) is 11.3 Å². The number of aromatic nitrogens is 1. The first-order chi connectivity index (χ1) is 9.18. The van der Waals surface area contributed by atoms with Gasteiger partial charge in [0.05, 0.1) is 11.7 Å². The first-order valence-electron chi connectivity index (χ1n) is 6.19. The lowest BCUT2D eigenvalue weighted by atomic mass is 10.0. The average Bonchev–Trinajstić information content (AvgIpc) is 2.88. The number of carboxylic acids is 1. The summed E-state index contributed by atoms with van der Waals surface area (Å²) in [5.74, 6) is -0.973. The van der Waals surface area contributed by atoms with E-state index in [9.17, 15) is 9.90 Å². The molecule has 4 nitrogen and oxygen atoms in total. The van der Waals surface area contributed by atoms with Crippen molar-refractivity contribution in [1.82, 2.24) is 4.98 Å². The fourth-order valence-corrected chi connectivity index (χ4v) is 3.59. The van der Waals surface area contributed by atoms with Crippen LogP contribution in [0.4, 0.5) is 5.69 Å². The van der Waals surface area contributed by atoms with Crippen LogP contribution in [0.5, 0.6) is 0 Å². The molecule has 1 atom stereocenters. The Bertz CT molecular complexity index is 623. The fraction of sp³-hybridized carbons (Fsp3) is 0.286. The van der Waals surface area contributed by atoms with Gasteiger partial charge in [-0.3, -0.25) is 0 Å². The van der Waals surface area contributed by atoms with Crippen molar-refractivity contribution in [3.05, 3.63) is 45.9 Å². The van der Waals surface area contributed by atoms with Crippen molar-refractivity contribution in [2.45, 2.75) is 19.4 Å². The van der Waals surface area contributed by atoms with Gasteiger partial charge in [0.2, 0.25) is 0 Å². The van der Waals surface area contributed by atoms with E-state index in [0.29, 0.717) is 5.69 Å². The third kappa shape index (κ3) is 2.00. The van der Waals surface area contributed by atoms with Gasteiger partial charge in [0.15, 0.2) is 5.69 Å². The summed E-state index contributed by atoms with van der Waals surface area (Å²) in [6, 6.07) is 5.95. The SMILES string of the molecule is CC1c2ccsc2CCN1c1cccnc1C(=O)O. The Kier molecular flexibility index (Phi) is 2.98. The quantitative estimate of drug-likeness (QED) is 0.914. The largest absolute Gasteiger partial charge is 0.476 e. The number of thiophene rings is 1. The molecule has 1 aliphatic heterocycles. The first-order valence-corrected chi connectivity index (χ1v) is 7.07. The van der Waals surface area contributed by atoms with E-state index in [2.05, 4.69) is 28.3 Å². The van der Waals surface area contributed by atoms with Gasteiger partial charge in [0.25, 0.3) is 0 Å². The lowest BCUT2D eigenvalue weighted by molar-refractivity contribution is 0.0691. The zero-order valence-electron chi connectivity index (χ0n) is 10.5. The molecule has 0 aromatic carbocycles. The third-order valence-electron chi connectivity index (χ3n) is 3.58. The normalized spacial score (nSPS) is 18.2. The van der Waals surface area contributed by atoms with Crippen LogP contribution in [-0.2, 0) is 6.42 Å². The molecule has 2 aromatic rings. The van der Waals surface area contributed by atoms with Crippen molar-refractivity contribution in [2.24, 2.45) is 0 Å². The first kappa shape index (κ1) is 12.2. The maximum Gasteiger partial charge on any atom is 0.356 e. The molecule has 0 spiro atoms. The lowest BCUT2D eigenvalue weighted by Crippen LogP contribution is -2.34. The van der Waals surface area contributed by atoms with E-state index >= 15 is 0 Å². The number of nitrogens with zero attached hydrogens (tertiary/aromatic N) is 2. The van der Waals surface area contributed by atoms with Gasteiger partial charge in [-0.05, 0) is 42.5 Å². The maximum atomic E-state index is 11.3. The van der Waals surface area contributed by atoms with Crippen LogP contribution in [-0.4, -0.2) is 22.6 Å². The number of carbonyl (C=O) groups is 1. The van der Waals surface area contributed by atoms with E-state index in [1.165, 1.54) is 16.6 Å². The Hall–Kier alpha value is -1.88. The highest BCUT2D eigenvalue weighted by Crippen LogP contribution is 2.36. The molecule has 0 amide bonds. The van der Waals surface area contributed by atoms with Gasteiger partial charge >= 0.3 is 5.97 Å². The van der Waals surface area contributed by atoms with Gasteiger partial charge in [-0.25, -0.2) is 9.78 Å². The molecule has 1 aliphatic rings. The van der Waals surface area contributed by atoms with E-state index in [1.807, 2.05) is 6.07 Å². The topological polar surface area (TPSA) is 53.4 Å². The highest BCUT2D eigenvalue weighted by Gasteiger charge is 2.27. The fourth-order valence-electron chi connectivity index (χ4n) is 2.63. The van der Waals surface area contributed by atoms with E-state index in [1.54, 1.807) is 17.4 Å². The summed E-state index contributed by atoms with van der Waals surface area (Å²) < 4.78 is 0. The van der Waals surface area contributed by atoms with Crippen LogP contribution >= 0.6 is 11.3 Å². The number of rotatable bonds is 2. The van der Waals surface area contributed by atoms with Crippen LogP contribution in [0.2, 0.25) is 0 Å². The minimum absolute atomic E-state index is 0.132. The Morgan fingerprint density at radius 3 is 3.16 bits per heavy atom. The molecule has 1 unspecified atom stereocenters. The Morgan fingerprint density at radius 2 is 2.37 bits per heavy atom. The Morgan fingerprint density at radius 1 is 1.53 bits per heavy atom. The van der Waals surface area contributed by atoms with Gasteiger partial charge in [0, 0.05) is 17.6 Å². The predicted octanol–water partition coefficient (Wildman–Crippen LogP) is 2.97. The third-order valence-corrected chi connectivity index (χ3v) is 4.57. The summed E-state index contributed by atoms with van der Waals surface area (Å²) in [5.41, 5.74) is 2.14. The van der Waals surface area contributed by atoms with Crippen molar-refractivity contribution < 1.29 is 9.90 Å². The maximum absolute atomic E-state index is 11.3. The molecule has 0 saturated carbocycles. The average molecular weight is 274 g/mol. The van der Waals surface area contributed by atoms with E-state index in [-0.39, 0.29) is 11.7 Å². The molecule has 0 aliphatic carbocycles. The molecule has 1 N–H and O–H groups in total. The van der Waals surface area contributed by atoms with Gasteiger partial charge < -0.3 is 10.0 Å². The minimum atomic E-state index is -0.973. The van der Waals surface area contributed by atoms with Crippen molar-refractivity contribution in [2.75, 3.05) is 11.4 Å². The highest BCUT2D eigenvalue weighted by molar-refractivity contribution is 7.10. The second-order valence-electron chi connectivity index (χ2n) is 4.59. The summed E-state index contributed by atoms with van der Waals surface area (Å²) in [5, 5.41) is 11.4. The number of fused-ring (bicyclic) bond motifs is 1. The monoisotopic (exact) mass is 274 g/mol. The molecule has 0 saturated heterocycles. The van der Waals surface area contributed by atoms with Crippen LogP contribution < -0.4 is 4.90 Å². The van der Waals surface area contributed by atoms with E-state index < -0.39 is 5.97 Å². The smallest absolute Gasteiger partial charge is 0.356 e. The number of pyridine rings is 1. The zero-order chi connectivity index (χ0) is 13.4. The Balaban J connectivity index is 2.03. The summed E-state index contributed by atoms with van der Waals surface area (Å²) in [6.07, 6.45) is 2.49. The molecule has 0 bridgehead atoms. The molecular weight excluding hydrogens is 260 g/mol. The summed E-state index contributed by atoms with van der Waals surface area (Å²) >= 11 is 1.78. The summed E-state index contributed by atoms with van der Waals surface area (Å²) in [6.45, 7) is 2.95. The van der Waals surface area contributed by atoms with E-state index in [0.717, 1.165) is 13.0 Å². The van der Waals surface area contributed by atoms with Crippen molar-refractivity contribution in [3.8, 4) is 0 Å². The highest BCUT2D eigenvalue weighted by atomic mass is 32.1. The van der Waals surface area contributed by atoms with Crippen LogP contribution in [0, 0.1) is 0 Å². The number of hydrogen-bond donors (Lipinski definition) is 1. The minimum Gasteiger partial charge on any atom is -0.476 e. The van der Waals surface area contributed by atoms with E-state index in [4.69, 9.17) is 0 Å². The van der Waals surface area contributed by atoms with Crippen LogP contribution in [0.3, 0.4) is 0 Å².